The molecule has 0 spiro atoms. The van der Waals surface area contributed by atoms with Gasteiger partial charge < -0.3 is 18.3 Å². The van der Waals surface area contributed by atoms with Gasteiger partial charge in [-0.3, -0.25) is 0 Å². The molecule has 0 atom stereocenters. The summed E-state index contributed by atoms with van der Waals surface area (Å²) in [4.78, 5) is 8.13. The summed E-state index contributed by atoms with van der Waals surface area (Å²) in [6.45, 7) is 26.2. The van der Waals surface area contributed by atoms with Gasteiger partial charge in [0.05, 0.1) is 120 Å². The monoisotopic (exact) mass is 1650 g/mol. The maximum absolute atomic E-state index is 14.1. The molecule has 0 unspecified atom stereocenters. The zero-order valence-electron chi connectivity index (χ0n) is 67.5. The number of alkyl halides is 9. The minimum Gasteiger partial charge on any atom is -0.308 e. The van der Waals surface area contributed by atoms with E-state index in [0.717, 1.165) is 140 Å². The molecule has 20 rings (SSSR count). The summed E-state index contributed by atoms with van der Waals surface area (Å²) < 4.78 is 135. The molecule has 0 radical (unpaired) electrons. The van der Waals surface area contributed by atoms with Gasteiger partial charge >= 0.3 is 18.5 Å². The van der Waals surface area contributed by atoms with Crippen LogP contribution in [0.3, 0.4) is 0 Å². The van der Waals surface area contributed by atoms with Crippen molar-refractivity contribution in [2.45, 2.75) is 53.1 Å². The topological polar surface area (TPSA) is 76.0 Å². The van der Waals surface area contributed by atoms with Gasteiger partial charge in [0.2, 0.25) is 0 Å². The molecule has 0 saturated heterocycles. The molecule has 4 heterocycles. The number of benzene rings is 16. The van der Waals surface area contributed by atoms with Crippen LogP contribution < -0.4 is 0 Å². The second-order valence-corrected chi connectivity index (χ2v) is 31.8. The molecule has 0 aliphatic rings. The number of rotatable bonds is 10. The van der Waals surface area contributed by atoms with Crippen molar-refractivity contribution in [3.8, 4) is 102 Å². The first-order chi connectivity index (χ1) is 60.2. The number of halogens is 9. The van der Waals surface area contributed by atoms with Crippen LogP contribution in [0.5, 0.6) is 0 Å². The molecule has 125 heavy (non-hydrogen) atoms. The fraction of sp³-hybridized carbons (Fsp3) is 0.0741. The lowest BCUT2D eigenvalue weighted by atomic mass is 9.98. The van der Waals surface area contributed by atoms with Gasteiger partial charge in [0, 0.05) is 43.1 Å². The Kier molecular flexibility index (Phi) is 19.1. The van der Waals surface area contributed by atoms with Crippen LogP contribution in [0.15, 0.2) is 315 Å². The number of para-hydroxylation sites is 4. The first-order valence-corrected chi connectivity index (χ1v) is 40.1. The molecule has 16 aromatic carbocycles. The second-order valence-electron chi connectivity index (χ2n) is 31.8. The maximum atomic E-state index is 14.1. The number of hydrogen-bond donors (Lipinski definition) is 0. The van der Waals surface area contributed by atoms with E-state index in [1.54, 1.807) is 75.4 Å². The molecule has 0 bridgehead atoms. The summed E-state index contributed by atoms with van der Waals surface area (Å²) in [7, 11) is 0. The lowest BCUT2D eigenvalue weighted by molar-refractivity contribution is -0.138. The number of aromatic nitrogens is 4. The first kappa shape index (κ1) is 78.9. The van der Waals surface area contributed by atoms with Crippen molar-refractivity contribution in [3.63, 3.8) is 0 Å². The summed E-state index contributed by atoms with van der Waals surface area (Å²) in [5.41, 5.74) is 20.7. The quantitative estimate of drug-likeness (QED) is 0.101. The smallest absolute Gasteiger partial charge is 0.308 e. The molecule has 8 nitrogen and oxygen atoms in total. The third kappa shape index (κ3) is 14.1. The molecule has 0 aliphatic heterocycles. The van der Waals surface area contributed by atoms with Gasteiger partial charge in [0.25, 0.3) is 0 Å². The van der Waals surface area contributed by atoms with Crippen molar-refractivity contribution in [1.29, 1.82) is 10.5 Å². The van der Waals surface area contributed by atoms with Crippen LogP contribution in [-0.2, 0) is 18.5 Å². The van der Waals surface area contributed by atoms with E-state index in [-0.39, 0.29) is 0 Å². The molecule has 20 aromatic rings. The van der Waals surface area contributed by atoms with Crippen LogP contribution in [0, 0.1) is 70.4 Å². The predicted molar refractivity (Wildman–Crippen MR) is 484 cm³/mol. The van der Waals surface area contributed by atoms with Gasteiger partial charge in [-0.2, -0.15) is 50.0 Å². The highest BCUT2D eigenvalue weighted by Gasteiger charge is 2.35. The predicted octanol–water partition coefficient (Wildman–Crippen LogP) is 31.2. The number of fused-ring (bicyclic) bond motifs is 12. The Morgan fingerprint density at radius 2 is 0.520 bits per heavy atom. The SMILES string of the molecule is [C-]#[N+]c1cc(-n2c3ccccc3c3cc(-c4cc(C)cc(C(F)(F)F)c4)ccc32)c(-n2c3ccccc3c3cc(-c4cc(C)cc(C(F)(F)F)c4)ccc32)cc1-c1cccc(C#N)c1.[C-]#[N+]c1cc(-n2c3ccccc3c3ccc(-c4cc(C)cc(C)c4)cc32)c(-n2c3ccccc3c3ccc(-c4cc(C)cc(C(F)(F)F)c4)cc32)cc1-c1cccc(C#N)c1. The zero-order chi connectivity index (χ0) is 86.8. The standard InChI is InChI=1S/C54H32F6N4.C54H35F3N4/c1-31-19-37(24-39(21-31)53(55,56)57)34-15-17-49-44(26-34)41-11-4-6-13-47(41)63(49)51-28-43(36-10-8-9-33(23-36)30-61)46(62-3)29-52(51)64-48-14-7-5-12-42(48)45-27-35(16-18-50(45)64)38-20-32(2)22-40(25-38)54(58,59)60;1-32-20-33(2)22-39(21-32)36-16-18-45-43-13-6-8-15-49(43)61(51(45)27-36)53-30-47(59-4)46(38-11-9-10-35(25-38)31-58)29-52(53)60-48-14-7-5-12-42(48)44-19-17-37(28-50(44)60)40-23-34(3)24-41(26-40)54(55,56)57/h4-29H,1-2H3;5-30H,1-3H3. The molecule has 4 aromatic heterocycles. The fourth-order valence-electron chi connectivity index (χ4n) is 18.1. The van der Waals surface area contributed by atoms with Gasteiger partial charge in [0.1, 0.15) is 0 Å². The first-order valence-electron chi connectivity index (χ1n) is 40.1. The van der Waals surface area contributed by atoms with Gasteiger partial charge in [-0.05, 0) is 264 Å². The lowest BCUT2D eigenvalue weighted by Crippen LogP contribution is -2.05. The van der Waals surface area contributed by atoms with E-state index in [2.05, 4.69) is 115 Å². The minimum atomic E-state index is -4.52. The molecular formula is C108H67F9N8. The number of nitrogens with zero attached hydrogens (tertiary/aromatic N) is 8. The average Bonchev–Trinajstić information content (AvgIpc) is 1.57. The van der Waals surface area contributed by atoms with E-state index in [1.807, 2.05) is 164 Å². The van der Waals surface area contributed by atoms with Crippen molar-refractivity contribution < 1.29 is 39.5 Å². The van der Waals surface area contributed by atoms with Gasteiger partial charge in [-0.15, -0.1) is 0 Å². The van der Waals surface area contributed by atoms with Gasteiger partial charge in [0.15, 0.2) is 11.4 Å². The highest BCUT2D eigenvalue weighted by atomic mass is 19.4. The number of hydrogen-bond acceptors (Lipinski definition) is 2. The molecule has 0 N–H and O–H groups in total. The van der Waals surface area contributed by atoms with E-state index in [1.165, 1.54) is 23.3 Å². The van der Waals surface area contributed by atoms with E-state index >= 15 is 0 Å². The Morgan fingerprint density at radius 1 is 0.240 bits per heavy atom. The molecule has 0 fully saturated rings. The highest BCUT2D eigenvalue weighted by molar-refractivity contribution is 6.16. The van der Waals surface area contributed by atoms with Crippen LogP contribution in [0.25, 0.3) is 186 Å². The summed E-state index contributed by atoms with van der Waals surface area (Å²) in [5, 5.41) is 27.0. The summed E-state index contributed by atoms with van der Waals surface area (Å²) >= 11 is 0. The van der Waals surface area contributed by atoms with Crippen LogP contribution in [0.1, 0.15) is 55.6 Å². The maximum Gasteiger partial charge on any atom is 0.416 e. The van der Waals surface area contributed by atoms with E-state index in [4.69, 9.17) is 13.1 Å². The summed E-state index contributed by atoms with van der Waals surface area (Å²) in [6.07, 6.45) is -13.5. The second kappa shape index (κ2) is 30.3. The van der Waals surface area contributed by atoms with Crippen LogP contribution in [-0.4, -0.2) is 18.3 Å². The van der Waals surface area contributed by atoms with Crippen LogP contribution in [0.2, 0.25) is 0 Å². The van der Waals surface area contributed by atoms with Crippen molar-refractivity contribution in [2.75, 3.05) is 0 Å². The Labute approximate surface area is 711 Å². The third-order valence-electron chi connectivity index (χ3n) is 23.5. The average molecular weight is 1650 g/mol. The van der Waals surface area contributed by atoms with Gasteiger partial charge in [-0.1, -0.05) is 181 Å². The fourth-order valence-corrected chi connectivity index (χ4v) is 18.1. The van der Waals surface area contributed by atoms with Crippen molar-refractivity contribution >= 4 is 98.6 Å². The van der Waals surface area contributed by atoms with Crippen molar-refractivity contribution in [3.05, 3.63) is 394 Å². The Bertz CT molecular complexity index is 8110. The van der Waals surface area contributed by atoms with Gasteiger partial charge in [-0.25, -0.2) is 9.69 Å². The third-order valence-corrected chi connectivity index (χ3v) is 23.5. The number of aryl methyl sites for hydroxylation is 5. The molecule has 602 valence electrons. The molecular weight excluding hydrogens is 1580 g/mol. The van der Waals surface area contributed by atoms with E-state index < -0.39 is 35.2 Å². The summed E-state index contributed by atoms with van der Waals surface area (Å²) in [5.74, 6) is 0. The highest BCUT2D eigenvalue weighted by Crippen LogP contribution is 2.50. The Morgan fingerprint density at radius 3 is 0.856 bits per heavy atom. The molecule has 0 saturated carbocycles. The largest absolute Gasteiger partial charge is 0.416 e. The lowest BCUT2D eigenvalue weighted by Gasteiger charge is -2.20. The summed E-state index contributed by atoms with van der Waals surface area (Å²) in [6, 6.07) is 101. The molecule has 0 amide bonds. The van der Waals surface area contributed by atoms with Crippen LogP contribution >= 0.6 is 0 Å². The molecule has 17 heteroatoms. The van der Waals surface area contributed by atoms with Crippen molar-refractivity contribution in [1.82, 2.24) is 18.3 Å². The normalized spacial score (nSPS) is 11.9. The zero-order valence-corrected chi connectivity index (χ0v) is 67.5. The van der Waals surface area contributed by atoms with Crippen molar-refractivity contribution in [2.24, 2.45) is 0 Å². The Balaban J connectivity index is 0.000000164. The molecule has 0 aliphatic carbocycles. The van der Waals surface area contributed by atoms with E-state index in [0.29, 0.717) is 101 Å². The van der Waals surface area contributed by atoms with Crippen LogP contribution in [0.4, 0.5) is 50.9 Å². The number of nitriles is 2. The Hall–Kier alpha value is -16.0. The van der Waals surface area contributed by atoms with E-state index in [9.17, 15) is 50.0 Å². The minimum absolute atomic E-state index is 0.318.